The van der Waals surface area contributed by atoms with E-state index in [1.807, 2.05) is 88.4 Å². The highest BCUT2D eigenvalue weighted by molar-refractivity contribution is 6.33. The molecule has 0 aromatic heterocycles. The van der Waals surface area contributed by atoms with E-state index in [1.165, 1.54) is 0 Å². The van der Waals surface area contributed by atoms with Crippen LogP contribution in [0.2, 0.25) is 0 Å². The van der Waals surface area contributed by atoms with E-state index in [0.717, 1.165) is 22.3 Å². The molecule has 8 heteroatoms. The summed E-state index contributed by atoms with van der Waals surface area (Å²) in [5.41, 5.74) is 6.08. The molecule has 1 amide bonds. The van der Waals surface area contributed by atoms with Gasteiger partial charge in [0.25, 0.3) is 5.91 Å². The molecular formula is C40H41NO7. The fourth-order valence-corrected chi connectivity index (χ4v) is 9.84. The molecule has 48 heavy (non-hydrogen) atoms. The molecule has 1 fully saturated rings. The van der Waals surface area contributed by atoms with Crippen molar-refractivity contribution in [1.29, 1.82) is 0 Å². The number of ether oxygens (including phenoxy) is 2. The van der Waals surface area contributed by atoms with Crippen LogP contribution in [0, 0.1) is 35.5 Å². The maximum Gasteiger partial charge on any atom is 0.252 e. The lowest BCUT2D eigenvalue weighted by atomic mass is 9.40. The average molecular weight is 648 g/mol. The Balaban J connectivity index is 1.38. The predicted octanol–water partition coefficient (Wildman–Crippen LogP) is 5.73. The zero-order valence-corrected chi connectivity index (χ0v) is 28.0. The van der Waals surface area contributed by atoms with Crippen molar-refractivity contribution in [2.75, 3.05) is 6.79 Å². The second kappa shape index (κ2) is 11.0. The first-order chi connectivity index (χ1) is 22.7. The minimum Gasteiger partial charge on any atom is -0.454 e. The molecule has 248 valence electrons. The number of amides is 1. The standard InChI is InChI=1S/C40H41NO7/c1-21(2)32-26(15-12-23-9-7-6-8-10-23)31(37(41)45)35(43)40(46)36(44)33-34(42)30-22(3)11-14-25(24-13-16-28-29(17-24)48-20-47-28)27(30)18-38(33,4)19-39(32,40)5/h6-11,13-14,16-17,21,32-33,46H,12,15,18-20H2,1-5H3,(H2,41,45). The van der Waals surface area contributed by atoms with Crippen molar-refractivity contribution < 1.29 is 33.8 Å². The number of carbonyl (C=O) groups excluding carboxylic acids is 4. The summed E-state index contributed by atoms with van der Waals surface area (Å²) in [6.07, 6.45) is 1.51. The second-order valence-electron chi connectivity index (χ2n) is 14.9. The molecule has 0 saturated heterocycles. The van der Waals surface area contributed by atoms with E-state index < -0.39 is 51.5 Å². The smallest absolute Gasteiger partial charge is 0.252 e. The van der Waals surface area contributed by atoms with Gasteiger partial charge in [-0.05, 0) is 95.4 Å². The van der Waals surface area contributed by atoms with Crippen LogP contribution in [0.4, 0.5) is 0 Å². The highest BCUT2D eigenvalue weighted by Gasteiger charge is 2.74. The highest BCUT2D eigenvalue weighted by Crippen LogP contribution is 2.65. The Bertz CT molecular complexity index is 1940. The fraction of sp³-hybridized carbons (Fsp3) is 0.400. The number of hydrogen-bond donors (Lipinski definition) is 2. The molecule has 3 N–H and O–H groups in total. The number of hydrogen-bond acceptors (Lipinski definition) is 7. The van der Waals surface area contributed by atoms with Gasteiger partial charge in [0.05, 0.1) is 11.5 Å². The summed E-state index contributed by atoms with van der Waals surface area (Å²) >= 11 is 0. The lowest BCUT2D eigenvalue weighted by Crippen LogP contribution is -2.74. The second-order valence-corrected chi connectivity index (χ2v) is 14.9. The third-order valence-corrected chi connectivity index (χ3v) is 11.6. The Labute approximate surface area is 280 Å². The lowest BCUT2D eigenvalue weighted by molar-refractivity contribution is -0.193. The zero-order valence-electron chi connectivity index (χ0n) is 28.0. The number of allylic oxidation sites excluding steroid dienone is 1. The molecular weight excluding hydrogens is 606 g/mol. The number of aliphatic hydroxyl groups is 1. The lowest BCUT2D eigenvalue weighted by Gasteiger charge is -2.62. The summed E-state index contributed by atoms with van der Waals surface area (Å²) < 4.78 is 11.2. The van der Waals surface area contributed by atoms with E-state index >= 15 is 0 Å². The number of benzene rings is 3. The van der Waals surface area contributed by atoms with Crippen LogP contribution in [-0.4, -0.2) is 40.8 Å². The summed E-state index contributed by atoms with van der Waals surface area (Å²) in [4.78, 5) is 57.1. The Morgan fingerprint density at radius 2 is 1.69 bits per heavy atom. The molecule has 1 heterocycles. The first kappa shape index (κ1) is 32.0. The van der Waals surface area contributed by atoms with Crippen molar-refractivity contribution >= 4 is 23.3 Å². The molecule has 0 radical (unpaired) electrons. The van der Waals surface area contributed by atoms with Crippen LogP contribution in [0.3, 0.4) is 0 Å². The van der Waals surface area contributed by atoms with Crippen molar-refractivity contribution in [3.8, 4) is 22.6 Å². The van der Waals surface area contributed by atoms with Crippen LogP contribution in [0.15, 0.2) is 71.8 Å². The van der Waals surface area contributed by atoms with Gasteiger partial charge in [0.1, 0.15) is 0 Å². The summed E-state index contributed by atoms with van der Waals surface area (Å²) in [6, 6.07) is 19.3. The van der Waals surface area contributed by atoms with Gasteiger partial charge in [0.2, 0.25) is 12.6 Å². The minimum absolute atomic E-state index is 0.140. The van der Waals surface area contributed by atoms with Crippen LogP contribution in [0.1, 0.15) is 67.6 Å². The Hall–Kier alpha value is -4.56. The fourth-order valence-electron chi connectivity index (χ4n) is 9.84. The number of aryl methyl sites for hydroxylation is 2. The number of Topliss-reactive ketones (excluding diaryl/α,β-unsaturated/α-hetero) is 3. The van der Waals surface area contributed by atoms with Gasteiger partial charge in [0.15, 0.2) is 28.7 Å². The monoisotopic (exact) mass is 647 g/mol. The number of fused-ring (bicyclic) bond motifs is 4. The van der Waals surface area contributed by atoms with E-state index in [2.05, 4.69) is 0 Å². The minimum atomic E-state index is -2.59. The molecule has 3 aromatic rings. The van der Waals surface area contributed by atoms with Gasteiger partial charge in [-0.25, -0.2) is 0 Å². The van der Waals surface area contributed by atoms with Gasteiger partial charge in [-0.3, -0.25) is 19.2 Å². The van der Waals surface area contributed by atoms with Crippen molar-refractivity contribution in [3.05, 3.63) is 94.1 Å². The largest absolute Gasteiger partial charge is 0.454 e. The van der Waals surface area contributed by atoms with Crippen molar-refractivity contribution in [2.45, 2.75) is 65.9 Å². The van der Waals surface area contributed by atoms with E-state index in [-0.39, 0.29) is 24.7 Å². The van der Waals surface area contributed by atoms with Gasteiger partial charge in [-0.1, -0.05) is 76.2 Å². The molecule has 8 nitrogen and oxygen atoms in total. The molecule has 1 aliphatic heterocycles. The molecule has 5 atom stereocenters. The zero-order chi connectivity index (χ0) is 34.3. The highest BCUT2D eigenvalue weighted by atomic mass is 16.7. The molecule has 0 bridgehead atoms. The Kier molecular flexibility index (Phi) is 7.33. The van der Waals surface area contributed by atoms with Crippen molar-refractivity contribution in [1.82, 2.24) is 0 Å². The maximum absolute atomic E-state index is 14.9. The SMILES string of the molecule is Cc1ccc(-c2ccc3c(c2)OCO3)c2c1C(=O)C1C(=O)C3(O)C(=O)C(C(N)=O)=C(CCc4ccccc4)C(C(C)C)C3(C)CC1(C)C2. The number of nitrogens with two attached hydrogens (primary N) is 1. The van der Waals surface area contributed by atoms with E-state index in [0.29, 0.717) is 47.5 Å². The Morgan fingerprint density at radius 1 is 0.979 bits per heavy atom. The number of ketones is 3. The van der Waals surface area contributed by atoms with Gasteiger partial charge < -0.3 is 20.3 Å². The molecule has 7 rings (SSSR count). The molecule has 3 aliphatic carbocycles. The summed E-state index contributed by atoms with van der Waals surface area (Å²) in [5, 5.41) is 12.6. The average Bonchev–Trinajstić information content (AvgIpc) is 3.50. The van der Waals surface area contributed by atoms with Gasteiger partial charge >= 0.3 is 0 Å². The van der Waals surface area contributed by atoms with E-state index in [4.69, 9.17) is 15.2 Å². The quantitative estimate of drug-likeness (QED) is 0.258. The molecule has 0 spiro atoms. The van der Waals surface area contributed by atoms with Crippen LogP contribution < -0.4 is 15.2 Å². The summed E-state index contributed by atoms with van der Waals surface area (Å²) in [5.74, 6) is -3.88. The summed E-state index contributed by atoms with van der Waals surface area (Å²) in [7, 11) is 0. The van der Waals surface area contributed by atoms with Crippen LogP contribution in [0.5, 0.6) is 11.5 Å². The first-order valence-corrected chi connectivity index (χ1v) is 16.7. The third-order valence-electron chi connectivity index (χ3n) is 11.6. The molecule has 5 unspecified atom stereocenters. The van der Waals surface area contributed by atoms with Gasteiger partial charge in [0, 0.05) is 11.0 Å². The molecule has 3 aromatic carbocycles. The van der Waals surface area contributed by atoms with Gasteiger partial charge in [-0.15, -0.1) is 0 Å². The first-order valence-electron chi connectivity index (χ1n) is 16.7. The molecule has 1 saturated carbocycles. The maximum atomic E-state index is 14.9. The molecule has 4 aliphatic rings. The topological polar surface area (TPSA) is 133 Å². The number of rotatable bonds is 6. The van der Waals surface area contributed by atoms with Crippen LogP contribution in [0.25, 0.3) is 11.1 Å². The van der Waals surface area contributed by atoms with E-state index in [1.54, 1.807) is 6.92 Å². The van der Waals surface area contributed by atoms with Crippen LogP contribution >= 0.6 is 0 Å². The predicted molar refractivity (Wildman–Crippen MR) is 179 cm³/mol. The van der Waals surface area contributed by atoms with Crippen LogP contribution in [-0.2, 0) is 27.2 Å². The van der Waals surface area contributed by atoms with E-state index in [9.17, 15) is 24.3 Å². The van der Waals surface area contributed by atoms with Crippen molar-refractivity contribution in [3.63, 3.8) is 0 Å². The summed E-state index contributed by atoms with van der Waals surface area (Å²) in [6.45, 7) is 9.67. The third kappa shape index (κ3) is 4.38. The Morgan fingerprint density at radius 3 is 2.38 bits per heavy atom. The normalized spacial score (nSPS) is 29.1. The van der Waals surface area contributed by atoms with Crippen molar-refractivity contribution in [2.24, 2.45) is 34.3 Å². The number of carbonyl (C=O) groups is 4. The van der Waals surface area contributed by atoms with Gasteiger partial charge in [-0.2, -0.15) is 0 Å². The number of primary amides is 1.